The molecule has 1 saturated heterocycles. The Balaban J connectivity index is 0.00000192. The highest BCUT2D eigenvalue weighted by molar-refractivity contribution is 5.85. The number of nitrogens with one attached hydrogen (secondary N) is 1. The monoisotopic (exact) mass is 335 g/mol. The van der Waals surface area contributed by atoms with Gasteiger partial charge in [-0.2, -0.15) is 0 Å². The Bertz CT molecular complexity index is 658. The lowest BCUT2D eigenvalue weighted by atomic mass is 10.1. The average Bonchev–Trinajstić information content (AvgIpc) is 2.89. The number of para-hydroxylation sites is 1. The van der Waals surface area contributed by atoms with Crippen LogP contribution in [0.3, 0.4) is 0 Å². The Morgan fingerprint density at radius 3 is 2.78 bits per heavy atom. The third-order valence-corrected chi connectivity index (χ3v) is 4.13. The second-order valence-corrected chi connectivity index (χ2v) is 5.69. The molecule has 1 atom stereocenters. The summed E-state index contributed by atoms with van der Waals surface area (Å²) < 4.78 is 1.78. The fraction of sp³-hybridized carbons (Fsp3) is 0.438. The quantitative estimate of drug-likeness (QED) is 0.920. The predicted octanol–water partition coefficient (Wildman–Crippen LogP) is 1.36. The third-order valence-electron chi connectivity index (χ3n) is 4.13. The number of carbonyl (C=O) groups excluding carboxylic acids is 1. The van der Waals surface area contributed by atoms with Gasteiger partial charge in [0, 0.05) is 25.7 Å². The highest BCUT2D eigenvalue weighted by Gasteiger charge is 2.24. The summed E-state index contributed by atoms with van der Waals surface area (Å²) in [4.78, 5) is 14.4. The second kappa shape index (κ2) is 7.57. The number of halogens is 1. The summed E-state index contributed by atoms with van der Waals surface area (Å²) in [5.74, 6) is 0.122. The molecule has 1 aromatic heterocycles. The highest BCUT2D eigenvalue weighted by atomic mass is 35.5. The van der Waals surface area contributed by atoms with Gasteiger partial charge in [-0.15, -0.1) is 17.5 Å². The van der Waals surface area contributed by atoms with Crippen LogP contribution in [0, 0.1) is 6.92 Å². The molecule has 1 amide bonds. The topological polar surface area (TPSA) is 63.1 Å². The maximum Gasteiger partial charge on any atom is 0.229 e. The minimum Gasteiger partial charge on any atom is -0.337 e. The van der Waals surface area contributed by atoms with Gasteiger partial charge in [0.05, 0.1) is 23.5 Å². The van der Waals surface area contributed by atoms with E-state index in [9.17, 15) is 4.79 Å². The standard InChI is InChI=1S/C16H21N5O.ClH/c1-12-11-17-8-9-20(12)16(22)10-15-13(2)21(19-18-15)14-6-4-3-5-7-14;/h3-7,12,17H,8-11H2,1-2H3;1H/t12-;/m0./s1. The number of piperazine rings is 1. The normalized spacial score (nSPS) is 17.7. The van der Waals surface area contributed by atoms with E-state index in [0.717, 1.165) is 36.7 Å². The summed E-state index contributed by atoms with van der Waals surface area (Å²) in [5, 5.41) is 11.7. The van der Waals surface area contributed by atoms with Crippen LogP contribution in [0.15, 0.2) is 30.3 Å². The van der Waals surface area contributed by atoms with Gasteiger partial charge in [0.25, 0.3) is 0 Å². The molecular weight excluding hydrogens is 314 g/mol. The van der Waals surface area contributed by atoms with Gasteiger partial charge >= 0.3 is 0 Å². The van der Waals surface area contributed by atoms with E-state index in [0.29, 0.717) is 6.42 Å². The lowest BCUT2D eigenvalue weighted by Gasteiger charge is -2.33. The molecule has 23 heavy (non-hydrogen) atoms. The van der Waals surface area contributed by atoms with Crippen LogP contribution >= 0.6 is 12.4 Å². The van der Waals surface area contributed by atoms with Crippen LogP contribution < -0.4 is 5.32 Å². The molecule has 1 N–H and O–H groups in total. The smallest absolute Gasteiger partial charge is 0.229 e. The molecule has 6 nitrogen and oxygen atoms in total. The maximum atomic E-state index is 12.5. The first-order valence-corrected chi connectivity index (χ1v) is 7.63. The van der Waals surface area contributed by atoms with E-state index in [1.54, 1.807) is 4.68 Å². The molecule has 124 valence electrons. The summed E-state index contributed by atoms with van der Waals surface area (Å²) in [6.07, 6.45) is 0.309. The first-order valence-electron chi connectivity index (χ1n) is 7.63. The molecule has 0 saturated carbocycles. The van der Waals surface area contributed by atoms with E-state index in [-0.39, 0.29) is 24.4 Å². The number of amides is 1. The van der Waals surface area contributed by atoms with Gasteiger partial charge in [-0.25, -0.2) is 4.68 Å². The number of hydrogen-bond donors (Lipinski definition) is 1. The van der Waals surface area contributed by atoms with Crippen molar-refractivity contribution in [3.05, 3.63) is 41.7 Å². The van der Waals surface area contributed by atoms with Crippen LogP contribution in [0.25, 0.3) is 5.69 Å². The molecule has 7 heteroatoms. The highest BCUT2D eigenvalue weighted by Crippen LogP contribution is 2.14. The molecule has 1 aliphatic rings. The van der Waals surface area contributed by atoms with E-state index in [4.69, 9.17) is 0 Å². The lowest BCUT2D eigenvalue weighted by Crippen LogP contribution is -2.52. The van der Waals surface area contributed by atoms with Crippen molar-refractivity contribution in [3.63, 3.8) is 0 Å². The van der Waals surface area contributed by atoms with E-state index in [2.05, 4.69) is 22.6 Å². The van der Waals surface area contributed by atoms with Crippen molar-refractivity contribution >= 4 is 18.3 Å². The summed E-state index contributed by atoms with van der Waals surface area (Å²) in [6.45, 7) is 6.48. The lowest BCUT2D eigenvalue weighted by molar-refractivity contribution is -0.133. The van der Waals surface area contributed by atoms with Gasteiger partial charge in [-0.05, 0) is 26.0 Å². The molecule has 0 bridgehead atoms. The van der Waals surface area contributed by atoms with Crippen molar-refractivity contribution < 1.29 is 4.79 Å². The van der Waals surface area contributed by atoms with Crippen LogP contribution in [-0.2, 0) is 11.2 Å². The van der Waals surface area contributed by atoms with Crippen molar-refractivity contribution in [2.45, 2.75) is 26.3 Å². The molecule has 1 aromatic carbocycles. The van der Waals surface area contributed by atoms with Crippen molar-refractivity contribution in [1.29, 1.82) is 0 Å². The Hall–Kier alpha value is -1.92. The maximum absolute atomic E-state index is 12.5. The van der Waals surface area contributed by atoms with Crippen LogP contribution in [0.1, 0.15) is 18.3 Å². The van der Waals surface area contributed by atoms with Gasteiger partial charge in [-0.3, -0.25) is 4.79 Å². The summed E-state index contributed by atoms with van der Waals surface area (Å²) in [5.41, 5.74) is 2.63. The Morgan fingerprint density at radius 1 is 1.35 bits per heavy atom. The zero-order valence-electron chi connectivity index (χ0n) is 13.4. The van der Waals surface area contributed by atoms with E-state index in [1.165, 1.54) is 0 Å². The fourth-order valence-corrected chi connectivity index (χ4v) is 2.79. The number of rotatable bonds is 3. The Kier molecular flexibility index (Phi) is 5.74. The Labute approximate surface area is 142 Å². The Morgan fingerprint density at radius 2 is 2.09 bits per heavy atom. The molecule has 0 spiro atoms. The number of nitrogens with zero attached hydrogens (tertiary/aromatic N) is 4. The van der Waals surface area contributed by atoms with Crippen LogP contribution in [0.2, 0.25) is 0 Å². The van der Waals surface area contributed by atoms with Crippen LogP contribution in [0.5, 0.6) is 0 Å². The van der Waals surface area contributed by atoms with E-state index < -0.39 is 0 Å². The van der Waals surface area contributed by atoms with Crippen LogP contribution in [0.4, 0.5) is 0 Å². The molecule has 2 aromatic rings. The van der Waals surface area contributed by atoms with Gasteiger partial charge in [-0.1, -0.05) is 23.4 Å². The molecule has 1 aliphatic heterocycles. The minimum absolute atomic E-state index is 0. The van der Waals surface area contributed by atoms with Crippen molar-refractivity contribution in [2.24, 2.45) is 0 Å². The minimum atomic E-state index is 0. The van der Waals surface area contributed by atoms with Crippen molar-refractivity contribution in [2.75, 3.05) is 19.6 Å². The fourth-order valence-electron chi connectivity index (χ4n) is 2.79. The van der Waals surface area contributed by atoms with Gasteiger partial charge in [0.2, 0.25) is 5.91 Å². The first-order chi connectivity index (χ1) is 10.7. The van der Waals surface area contributed by atoms with Gasteiger partial charge < -0.3 is 10.2 Å². The third kappa shape index (κ3) is 3.71. The molecule has 3 rings (SSSR count). The summed E-state index contributed by atoms with van der Waals surface area (Å²) >= 11 is 0. The predicted molar refractivity (Wildman–Crippen MR) is 91.1 cm³/mol. The molecular formula is C16H22ClN5O. The number of benzene rings is 1. The second-order valence-electron chi connectivity index (χ2n) is 5.69. The first kappa shape index (κ1) is 17.4. The zero-order valence-corrected chi connectivity index (χ0v) is 14.2. The molecule has 0 unspecified atom stereocenters. The number of carbonyl (C=O) groups is 1. The number of hydrogen-bond acceptors (Lipinski definition) is 4. The van der Waals surface area contributed by atoms with Crippen molar-refractivity contribution in [1.82, 2.24) is 25.2 Å². The average molecular weight is 336 g/mol. The van der Waals surface area contributed by atoms with Crippen LogP contribution in [-0.4, -0.2) is 51.5 Å². The van der Waals surface area contributed by atoms with E-state index in [1.807, 2.05) is 42.2 Å². The molecule has 2 heterocycles. The number of aromatic nitrogens is 3. The molecule has 1 fully saturated rings. The zero-order chi connectivity index (χ0) is 15.5. The molecule has 0 radical (unpaired) electrons. The van der Waals surface area contributed by atoms with E-state index >= 15 is 0 Å². The molecule has 0 aliphatic carbocycles. The summed E-state index contributed by atoms with van der Waals surface area (Å²) in [6, 6.07) is 10.1. The van der Waals surface area contributed by atoms with Crippen molar-refractivity contribution in [3.8, 4) is 5.69 Å². The van der Waals surface area contributed by atoms with Gasteiger partial charge in [0.15, 0.2) is 0 Å². The SMILES string of the molecule is Cc1c(CC(=O)N2CCNC[C@@H]2C)nnn1-c1ccccc1.Cl. The largest absolute Gasteiger partial charge is 0.337 e. The summed E-state index contributed by atoms with van der Waals surface area (Å²) in [7, 11) is 0. The van der Waals surface area contributed by atoms with Gasteiger partial charge in [0.1, 0.15) is 0 Å².